The van der Waals surface area contributed by atoms with Crippen LogP contribution in [0.25, 0.3) is 0 Å². The van der Waals surface area contributed by atoms with Gasteiger partial charge in [-0.25, -0.2) is 0 Å². The van der Waals surface area contributed by atoms with Crippen LogP contribution in [-0.4, -0.2) is 55.5 Å². The van der Waals surface area contributed by atoms with Crippen molar-refractivity contribution in [3.63, 3.8) is 0 Å². The van der Waals surface area contributed by atoms with Crippen molar-refractivity contribution in [3.05, 3.63) is 35.9 Å². The molecule has 0 aromatic heterocycles. The van der Waals surface area contributed by atoms with E-state index >= 15 is 0 Å². The summed E-state index contributed by atoms with van der Waals surface area (Å²) in [5.41, 5.74) is 7.33. The molecule has 0 saturated carbocycles. The molecule has 0 spiro atoms. The number of amides is 1. The minimum absolute atomic E-state index is 0.0784. The highest BCUT2D eigenvalue weighted by Gasteiger charge is 2.20. The lowest BCUT2D eigenvalue weighted by atomic mass is 10.0. The third kappa shape index (κ3) is 6.74. The summed E-state index contributed by atoms with van der Waals surface area (Å²) in [6.07, 6.45) is 2.51. The summed E-state index contributed by atoms with van der Waals surface area (Å²) in [6, 6.07) is 9.78. The van der Waals surface area contributed by atoms with Gasteiger partial charge in [0.1, 0.15) is 0 Å². The quantitative estimate of drug-likeness (QED) is 0.754. The van der Waals surface area contributed by atoms with Crippen LogP contribution in [0.1, 0.15) is 25.3 Å². The summed E-state index contributed by atoms with van der Waals surface area (Å²) in [4.78, 5) is 16.4. The van der Waals surface area contributed by atoms with Gasteiger partial charge in [0, 0.05) is 19.6 Å². The summed E-state index contributed by atoms with van der Waals surface area (Å²) >= 11 is 0. The average molecular weight is 291 g/mol. The zero-order valence-corrected chi connectivity index (χ0v) is 13.6. The number of aryl methyl sites for hydroxylation is 1. The second kappa shape index (κ2) is 9.53. The summed E-state index contributed by atoms with van der Waals surface area (Å²) in [6.45, 7) is 4.49. The largest absolute Gasteiger partial charge is 0.340 e. The minimum Gasteiger partial charge on any atom is -0.340 e. The van der Waals surface area contributed by atoms with Gasteiger partial charge in [-0.1, -0.05) is 37.3 Å². The van der Waals surface area contributed by atoms with Crippen molar-refractivity contribution in [2.45, 2.75) is 32.2 Å². The number of rotatable bonds is 9. The Kier molecular flexibility index (Phi) is 8.01. The Balaban J connectivity index is 2.48. The maximum absolute atomic E-state index is 12.4. The summed E-state index contributed by atoms with van der Waals surface area (Å²) < 4.78 is 0. The highest BCUT2D eigenvalue weighted by Crippen LogP contribution is 2.06. The number of nitrogens with zero attached hydrogens (tertiary/aromatic N) is 2. The molecular formula is C17H29N3O. The van der Waals surface area contributed by atoms with Crippen LogP contribution in [0.3, 0.4) is 0 Å². The number of carbonyl (C=O) groups is 1. The molecule has 0 aliphatic rings. The highest BCUT2D eigenvalue weighted by atomic mass is 16.2. The topological polar surface area (TPSA) is 49.6 Å². The molecule has 4 nitrogen and oxygen atoms in total. The second-order valence-electron chi connectivity index (χ2n) is 5.76. The molecule has 0 saturated heterocycles. The van der Waals surface area contributed by atoms with Gasteiger partial charge in [-0.3, -0.25) is 4.79 Å². The summed E-state index contributed by atoms with van der Waals surface area (Å²) in [7, 11) is 4.04. The van der Waals surface area contributed by atoms with E-state index in [4.69, 9.17) is 5.73 Å². The first-order valence-electron chi connectivity index (χ1n) is 7.77. The number of hydrogen-bond acceptors (Lipinski definition) is 3. The summed E-state index contributed by atoms with van der Waals surface area (Å²) in [5.74, 6) is 0.0784. The molecule has 0 aliphatic heterocycles. The predicted octanol–water partition coefficient (Wildman–Crippen LogP) is 1.75. The molecule has 0 heterocycles. The molecule has 1 aromatic carbocycles. The van der Waals surface area contributed by atoms with Crippen LogP contribution in [0.15, 0.2) is 30.3 Å². The SMILES string of the molecule is CCCN(CCN(C)C)C(=O)[C@@H](N)CCc1ccccc1. The third-order valence-corrected chi connectivity index (χ3v) is 3.53. The first-order chi connectivity index (χ1) is 10.0. The van der Waals surface area contributed by atoms with Crippen molar-refractivity contribution in [2.24, 2.45) is 5.73 Å². The number of benzene rings is 1. The molecule has 0 aliphatic carbocycles. The molecule has 0 unspecified atom stereocenters. The number of hydrogen-bond donors (Lipinski definition) is 1. The Labute approximate surface area is 128 Å². The molecule has 0 fully saturated rings. The monoisotopic (exact) mass is 291 g/mol. The van der Waals surface area contributed by atoms with Gasteiger partial charge in [0.25, 0.3) is 0 Å². The number of carbonyl (C=O) groups excluding carboxylic acids is 1. The molecule has 1 aromatic rings. The summed E-state index contributed by atoms with van der Waals surface area (Å²) in [5, 5.41) is 0. The van der Waals surface area contributed by atoms with Crippen LogP contribution in [0.5, 0.6) is 0 Å². The van der Waals surface area contributed by atoms with E-state index in [1.807, 2.05) is 37.2 Å². The van der Waals surface area contributed by atoms with Crippen molar-refractivity contribution in [2.75, 3.05) is 33.7 Å². The highest BCUT2D eigenvalue weighted by molar-refractivity contribution is 5.81. The van der Waals surface area contributed by atoms with Crippen molar-refractivity contribution >= 4 is 5.91 Å². The Bertz CT molecular complexity index is 406. The van der Waals surface area contributed by atoms with Crippen LogP contribution in [0.2, 0.25) is 0 Å². The number of nitrogens with two attached hydrogens (primary N) is 1. The van der Waals surface area contributed by atoms with Gasteiger partial charge in [0.05, 0.1) is 6.04 Å². The van der Waals surface area contributed by atoms with Gasteiger partial charge in [-0.05, 0) is 38.9 Å². The molecule has 1 rings (SSSR count). The van der Waals surface area contributed by atoms with Crippen LogP contribution in [0, 0.1) is 0 Å². The first kappa shape index (κ1) is 17.7. The standard InChI is InChI=1S/C17H29N3O/c1-4-12-20(14-13-19(2)3)17(21)16(18)11-10-15-8-6-5-7-9-15/h5-9,16H,4,10-14,18H2,1-3H3/t16-/m0/s1. The molecule has 21 heavy (non-hydrogen) atoms. The van der Waals surface area contributed by atoms with E-state index < -0.39 is 6.04 Å². The lowest BCUT2D eigenvalue weighted by Crippen LogP contribution is -2.46. The van der Waals surface area contributed by atoms with Gasteiger partial charge >= 0.3 is 0 Å². The van der Waals surface area contributed by atoms with Gasteiger partial charge in [0.2, 0.25) is 5.91 Å². The average Bonchev–Trinajstić information content (AvgIpc) is 2.49. The van der Waals surface area contributed by atoms with Crippen molar-refractivity contribution in [1.82, 2.24) is 9.80 Å². The second-order valence-corrected chi connectivity index (χ2v) is 5.76. The van der Waals surface area contributed by atoms with Crippen molar-refractivity contribution in [3.8, 4) is 0 Å². The lowest BCUT2D eigenvalue weighted by molar-refractivity contribution is -0.132. The first-order valence-corrected chi connectivity index (χ1v) is 7.77. The number of likely N-dealkylation sites (N-methyl/N-ethyl adjacent to an activating group) is 1. The van der Waals surface area contributed by atoms with Crippen LogP contribution < -0.4 is 5.73 Å². The van der Waals surface area contributed by atoms with Gasteiger partial charge < -0.3 is 15.5 Å². The maximum Gasteiger partial charge on any atom is 0.239 e. The Morgan fingerprint density at radius 3 is 2.38 bits per heavy atom. The van der Waals surface area contributed by atoms with Crippen LogP contribution in [-0.2, 0) is 11.2 Å². The molecule has 118 valence electrons. The Morgan fingerprint density at radius 2 is 1.81 bits per heavy atom. The van der Waals surface area contributed by atoms with E-state index in [-0.39, 0.29) is 5.91 Å². The van der Waals surface area contributed by atoms with E-state index in [0.717, 1.165) is 32.5 Å². The molecular weight excluding hydrogens is 262 g/mol. The maximum atomic E-state index is 12.4. The molecule has 2 N–H and O–H groups in total. The molecule has 1 atom stereocenters. The van der Waals surface area contributed by atoms with E-state index in [9.17, 15) is 4.79 Å². The molecule has 0 radical (unpaired) electrons. The van der Waals surface area contributed by atoms with E-state index in [1.54, 1.807) is 0 Å². The Morgan fingerprint density at radius 1 is 1.14 bits per heavy atom. The normalized spacial score (nSPS) is 12.4. The fourth-order valence-electron chi connectivity index (χ4n) is 2.25. The third-order valence-electron chi connectivity index (χ3n) is 3.53. The lowest BCUT2D eigenvalue weighted by Gasteiger charge is -2.26. The van der Waals surface area contributed by atoms with Crippen molar-refractivity contribution < 1.29 is 4.79 Å². The van der Waals surface area contributed by atoms with Crippen LogP contribution >= 0.6 is 0 Å². The predicted molar refractivity (Wildman–Crippen MR) is 88.2 cm³/mol. The molecule has 0 bridgehead atoms. The minimum atomic E-state index is -0.404. The zero-order chi connectivity index (χ0) is 15.7. The fraction of sp³-hybridized carbons (Fsp3) is 0.588. The molecule has 1 amide bonds. The van der Waals surface area contributed by atoms with Crippen molar-refractivity contribution in [1.29, 1.82) is 0 Å². The van der Waals surface area contributed by atoms with E-state index in [2.05, 4.69) is 24.0 Å². The zero-order valence-electron chi connectivity index (χ0n) is 13.6. The molecule has 4 heteroatoms. The van der Waals surface area contributed by atoms with Gasteiger partial charge in [-0.15, -0.1) is 0 Å². The van der Waals surface area contributed by atoms with Crippen LogP contribution in [0.4, 0.5) is 0 Å². The van der Waals surface area contributed by atoms with Gasteiger partial charge in [0.15, 0.2) is 0 Å². The van der Waals surface area contributed by atoms with Gasteiger partial charge in [-0.2, -0.15) is 0 Å². The smallest absolute Gasteiger partial charge is 0.239 e. The Hall–Kier alpha value is -1.39. The van der Waals surface area contributed by atoms with E-state index in [1.165, 1.54) is 5.56 Å². The fourth-order valence-corrected chi connectivity index (χ4v) is 2.25. The van der Waals surface area contributed by atoms with E-state index in [0.29, 0.717) is 6.42 Å².